The molecule has 0 bridgehead atoms. The summed E-state index contributed by atoms with van der Waals surface area (Å²) in [6, 6.07) is 21.4. The van der Waals surface area contributed by atoms with E-state index in [2.05, 4.69) is 23.7 Å². The number of nitro benzene ring substituents is 1. The van der Waals surface area contributed by atoms with Crippen molar-refractivity contribution >= 4 is 5.69 Å². The van der Waals surface area contributed by atoms with E-state index in [1.54, 1.807) is 19.2 Å². The highest BCUT2D eigenvalue weighted by molar-refractivity contribution is 5.49. The van der Waals surface area contributed by atoms with Crippen LogP contribution in [0.1, 0.15) is 22.3 Å². The van der Waals surface area contributed by atoms with Crippen LogP contribution in [0, 0.1) is 33.8 Å². The lowest BCUT2D eigenvalue weighted by atomic mass is 10.1. The molecule has 0 saturated carbocycles. The molecule has 130 valence electrons. The van der Waals surface area contributed by atoms with Gasteiger partial charge < -0.3 is 4.74 Å². The highest BCUT2D eigenvalue weighted by Gasteiger charge is 2.02. The Kier molecular flexibility index (Phi) is 5.52. The second-order valence-electron chi connectivity index (χ2n) is 5.61. The lowest BCUT2D eigenvalue weighted by Crippen LogP contribution is -1.86. The lowest BCUT2D eigenvalue weighted by Gasteiger charge is -1.97. The second kappa shape index (κ2) is 8.38. The van der Waals surface area contributed by atoms with E-state index in [0.717, 1.165) is 28.0 Å². The van der Waals surface area contributed by atoms with E-state index >= 15 is 0 Å². The zero-order chi connectivity index (χ0) is 19.1. The maximum Gasteiger partial charge on any atom is 0.269 e. The Hall–Kier alpha value is -4.02. The molecule has 0 spiro atoms. The molecular weight excluding hydrogens is 338 g/mol. The molecule has 3 aromatic rings. The molecule has 0 unspecified atom stereocenters. The Morgan fingerprint density at radius 3 is 1.33 bits per heavy atom. The first kappa shape index (κ1) is 17.8. The Morgan fingerprint density at radius 1 is 0.667 bits per heavy atom. The Bertz CT molecular complexity index is 1060. The number of non-ortho nitro benzene ring substituents is 1. The van der Waals surface area contributed by atoms with Crippen molar-refractivity contribution in [1.29, 1.82) is 0 Å². The smallest absolute Gasteiger partial charge is 0.269 e. The highest BCUT2D eigenvalue weighted by Crippen LogP contribution is 2.12. The molecule has 0 aliphatic carbocycles. The fourth-order valence-electron chi connectivity index (χ4n) is 2.27. The molecule has 4 heteroatoms. The average molecular weight is 353 g/mol. The summed E-state index contributed by atoms with van der Waals surface area (Å²) in [6.07, 6.45) is 0. The zero-order valence-corrected chi connectivity index (χ0v) is 14.6. The molecule has 3 aromatic carbocycles. The van der Waals surface area contributed by atoms with Gasteiger partial charge in [-0.15, -0.1) is 0 Å². The maximum absolute atomic E-state index is 10.6. The van der Waals surface area contributed by atoms with Gasteiger partial charge in [0.15, 0.2) is 0 Å². The molecule has 0 aromatic heterocycles. The van der Waals surface area contributed by atoms with E-state index in [0.29, 0.717) is 0 Å². The summed E-state index contributed by atoms with van der Waals surface area (Å²) in [6.45, 7) is 0. The first-order valence-corrected chi connectivity index (χ1v) is 8.17. The highest BCUT2D eigenvalue weighted by atomic mass is 16.6. The third-order valence-electron chi connectivity index (χ3n) is 3.76. The Labute approximate surface area is 157 Å². The molecule has 27 heavy (non-hydrogen) atoms. The minimum absolute atomic E-state index is 0.0559. The van der Waals surface area contributed by atoms with Crippen molar-refractivity contribution in [3.63, 3.8) is 0 Å². The molecule has 0 heterocycles. The molecule has 0 fully saturated rings. The Balaban J connectivity index is 1.69. The molecule has 4 nitrogen and oxygen atoms in total. The molecule has 0 saturated heterocycles. The molecule has 0 amide bonds. The van der Waals surface area contributed by atoms with Gasteiger partial charge in [-0.25, -0.2) is 0 Å². The monoisotopic (exact) mass is 353 g/mol. The van der Waals surface area contributed by atoms with Gasteiger partial charge in [0, 0.05) is 34.4 Å². The molecule has 0 aliphatic heterocycles. The van der Waals surface area contributed by atoms with Gasteiger partial charge in [0.05, 0.1) is 12.0 Å². The quantitative estimate of drug-likeness (QED) is 0.390. The third-order valence-corrected chi connectivity index (χ3v) is 3.76. The topological polar surface area (TPSA) is 52.4 Å². The van der Waals surface area contributed by atoms with Crippen molar-refractivity contribution in [2.45, 2.75) is 0 Å². The van der Waals surface area contributed by atoms with E-state index in [9.17, 15) is 10.1 Å². The van der Waals surface area contributed by atoms with Crippen LogP contribution in [0.4, 0.5) is 5.69 Å². The van der Waals surface area contributed by atoms with Gasteiger partial charge in [0.25, 0.3) is 5.69 Å². The number of methoxy groups -OCH3 is 1. The molecule has 0 N–H and O–H groups in total. The first-order chi connectivity index (χ1) is 13.1. The number of rotatable bonds is 2. The van der Waals surface area contributed by atoms with Crippen LogP contribution in [0.3, 0.4) is 0 Å². The van der Waals surface area contributed by atoms with Crippen LogP contribution in [0.2, 0.25) is 0 Å². The Morgan fingerprint density at radius 2 is 1.00 bits per heavy atom. The average Bonchev–Trinajstić information content (AvgIpc) is 2.72. The fourth-order valence-corrected chi connectivity index (χ4v) is 2.27. The van der Waals surface area contributed by atoms with Crippen LogP contribution in [0.25, 0.3) is 0 Å². The number of hydrogen-bond acceptors (Lipinski definition) is 3. The number of ether oxygens (including phenoxy) is 1. The van der Waals surface area contributed by atoms with Crippen molar-refractivity contribution in [1.82, 2.24) is 0 Å². The van der Waals surface area contributed by atoms with Gasteiger partial charge >= 0.3 is 0 Å². The van der Waals surface area contributed by atoms with Gasteiger partial charge in [0.2, 0.25) is 0 Å². The minimum Gasteiger partial charge on any atom is -0.497 e. The van der Waals surface area contributed by atoms with Gasteiger partial charge in [-0.05, 0) is 60.7 Å². The molecule has 0 aliphatic rings. The van der Waals surface area contributed by atoms with Crippen LogP contribution in [0.15, 0.2) is 72.8 Å². The summed E-state index contributed by atoms with van der Waals surface area (Å²) in [4.78, 5) is 10.2. The first-order valence-electron chi connectivity index (χ1n) is 8.17. The summed E-state index contributed by atoms with van der Waals surface area (Å²) in [7, 11) is 1.63. The fraction of sp³-hybridized carbons (Fsp3) is 0.0435. The number of nitro groups is 1. The normalized spacial score (nSPS) is 9.37. The van der Waals surface area contributed by atoms with Crippen molar-refractivity contribution < 1.29 is 9.66 Å². The van der Waals surface area contributed by atoms with Crippen LogP contribution in [0.5, 0.6) is 5.75 Å². The van der Waals surface area contributed by atoms with Crippen molar-refractivity contribution in [3.05, 3.63) is 105 Å². The summed E-state index contributed by atoms with van der Waals surface area (Å²) in [5.74, 6) is 13.1. The molecular formula is C23H15NO3. The molecule has 3 rings (SSSR count). The van der Waals surface area contributed by atoms with Crippen LogP contribution in [-0.4, -0.2) is 12.0 Å². The van der Waals surface area contributed by atoms with E-state index < -0.39 is 4.92 Å². The lowest BCUT2D eigenvalue weighted by molar-refractivity contribution is -0.384. The zero-order valence-electron chi connectivity index (χ0n) is 14.6. The van der Waals surface area contributed by atoms with E-state index in [4.69, 9.17) is 4.74 Å². The van der Waals surface area contributed by atoms with E-state index in [1.165, 1.54) is 12.1 Å². The third kappa shape index (κ3) is 4.98. The van der Waals surface area contributed by atoms with Crippen LogP contribution in [-0.2, 0) is 0 Å². The van der Waals surface area contributed by atoms with Gasteiger partial charge in [-0.2, -0.15) is 0 Å². The largest absolute Gasteiger partial charge is 0.497 e. The van der Waals surface area contributed by atoms with E-state index in [1.807, 2.05) is 48.5 Å². The number of nitrogens with zero attached hydrogens (tertiary/aromatic N) is 1. The second-order valence-corrected chi connectivity index (χ2v) is 5.61. The predicted octanol–water partition coefficient (Wildman–Crippen LogP) is 4.40. The van der Waals surface area contributed by atoms with Crippen molar-refractivity contribution in [2.75, 3.05) is 7.11 Å². The summed E-state index contributed by atoms with van der Waals surface area (Å²) in [5, 5.41) is 10.6. The summed E-state index contributed by atoms with van der Waals surface area (Å²) < 4.78 is 5.13. The van der Waals surface area contributed by atoms with E-state index in [-0.39, 0.29) is 5.69 Å². The molecule has 0 radical (unpaired) electrons. The standard InChI is InChI=1S/C23H15NO3/c1-27-23-16-12-21(13-17-23)9-7-19-4-2-18(3-5-19)6-8-20-10-14-22(15-11-20)24(25)26/h2-5,10-17H,1H3. The van der Waals surface area contributed by atoms with Crippen molar-refractivity contribution in [2.24, 2.45) is 0 Å². The number of hydrogen-bond donors (Lipinski definition) is 0. The van der Waals surface area contributed by atoms with Gasteiger partial charge in [-0.3, -0.25) is 10.1 Å². The summed E-state index contributed by atoms with van der Waals surface area (Å²) >= 11 is 0. The van der Waals surface area contributed by atoms with Crippen LogP contribution >= 0.6 is 0 Å². The van der Waals surface area contributed by atoms with Crippen LogP contribution < -0.4 is 4.74 Å². The van der Waals surface area contributed by atoms with Gasteiger partial charge in [0.1, 0.15) is 5.75 Å². The summed E-state index contributed by atoms with van der Waals surface area (Å²) in [5.41, 5.74) is 3.44. The predicted molar refractivity (Wildman–Crippen MR) is 104 cm³/mol. The maximum atomic E-state index is 10.6. The minimum atomic E-state index is -0.428. The number of benzene rings is 3. The van der Waals surface area contributed by atoms with Gasteiger partial charge in [-0.1, -0.05) is 23.7 Å². The molecule has 0 atom stereocenters. The van der Waals surface area contributed by atoms with Crippen molar-refractivity contribution in [3.8, 4) is 29.4 Å². The SMILES string of the molecule is COc1ccc(C#Cc2ccc(C#Cc3ccc([N+](=O)[O-])cc3)cc2)cc1.